The van der Waals surface area contributed by atoms with Crippen LogP contribution in [0.4, 0.5) is 5.69 Å². The van der Waals surface area contributed by atoms with E-state index in [4.69, 9.17) is 0 Å². The quantitative estimate of drug-likeness (QED) is 0.103. The molecule has 0 radical (unpaired) electrons. The Bertz CT molecular complexity index is 3280. The van der Waals surface area contributed by atoms with Crippen molar-refractivity contribution in [3.05, 3.63) is 132 Å². The number of benzene rings is 4. The van der Waals surface area contributed by atoms with E-state index >= 15 is 0 Å². The van der Waals surface area contributed by atoms with E-state index < -0.39 is 0 Å². The molecule has 0 unspecified atom stereocenters. The van der Waals surface area contributed by atoms with Crippen LogP contribution in [-0.2, 0) is 19.3 Å². The second-order valence-corrected chi connectivity index (χ2v) is 19.1. The fourth-order valence-corrected chi connectivity index (χ4v) is 9.83. The smallest absolute Gasteiger partial charge is 0.195 e. The summed E-state index contributed by atoms with van der Waals surface area (Å²) in [5.41, 5.74) is 12.5. The number of aryl methyl sites for hydroxylation is 1. The maximum atomic E-state index is 4.54. The van der Waals surface area contributed by atoms with Crippen molar-refractivity contribution in [2.45, 2.75) is 26.2 Å². The molecule has 0 amide bonds. The number of nitrogens with one attached hydrogen (secondary N) is 5. The minimum absolute atomic E-state index is 0.791. The monoisotopic (exact) mass is 1180 g/mol. The zero-order chi connectivity index (χ0) is 47.5. The van der Waals surface area contributed by atoms with Crippen LogP contribution >= 0.6 is 63.7 Å². The lowest BCUT2D eigenvalue weighted by Crippen LogP contribution is -2.26. The van der Waals surface area contributed by atoms with Crippen LogP contribution in [0.25, 0.3) is 44.1 Å². The van der Waals surface area contributed by atoms with Gasteiger partial charge in [-0.2, -0.15) is 0 Å². The number of aliphatic imine (C=N–C) groups is 4. The fraction of sp³-hybridized carbons (Fsp3) is 0.250. The first-order valence-electron chi connectivity index (χ1n) is 22.2. The van der Waals surface area contributed by atoms with Gasteiger partial charge in [0.15, 0.2) is 5.96 Å². The van der Waals surface area contributed by atoms with Crippen LogP contribution in [-0.4, -0.2) is 116 Å². The van der Waals surface area contributed by atoms with Gasteiger partial charge in [0, 0.05) is 107 Å². The van der Waals surface area contributed by atoms with Gasteiger partial charge in [0.2, 0.25) is 0 Å². The average Bonchev–Trinajstić information content (AvgIpc) is 4.25. The Labute approximate surface area is 431 Å². The lowest BCUT2D eigenvalue weighted by Gasteiger charge is -2.09. The molecule has 350 valence electrons. The number of hydrogen-bond donors (Lipinski definition) is 5. The van der Waals surface area contributed by atoms with Crippen molar-refractivity contribution < 1.29 is 0 Å². The largest absolute Gasteiger partial charge is 0.372 e. The van der Waals surface area contributed by atoms with Crippen molar-refractivity contribution >= 4 is 137 Å². The molecule has 0 bridgehead atoms. The number of fused-ring (bicyclic) bond motifs is 4. The summed E-state index contributed by atoms with van der Waals surface area (Å²) < 4.78 is 3.95. The van der Waals surface area contributed by atoms with Gasteiger partial charge in [0.1, 0.15) is 45.1 Å². The van der Waals surface area contributed by atoms with E-state index in [0.29, 0.717) is 0 Å². The van der Waals surface area contributed by atoms with Crippen LogP contribution in [0.3, 0.4) is 0 Å². The van der Waals surface area contributed by atoms with E-state index in [-0.39, 0.29) is 0 Å². The predicted octanol–water partition coefficient (Wildman–Crippen LogP) is 7.88. The van der Waals surface area contributed by atoms with Crippen molar-refractivity contribution in [2.24, 2.45) is 20.0 Å². The maximum absolute atomic E-state index is 4.54. The van der Waals surface area contributed by atoms with Crippen LogP contribution in [0.5, 0.6) is 0 Å². The molecule has 4 aromatic heterocycles. The predicted molar refractivity (Wildman–Crippen MR) is 290 cm³/mol. The van der Waals surface area contributed by atoms with Crippen molar-refractivity contribution in [3.63, 3.8) is 0 Å². The summed E-state index contributed by atoms with van der Waals surface area (Å²) in [5.74, 6) is 3.95. The lowest BCUT2D eigenvalue weighted by atomic mass is 10.1. The molecule has 0 saturated heterocycles. The van der Waals surface area contributed by atoms with Crippen LogP contribution < -0.4 is 26.6 Å². The summed E-state index contributed by atoms with van der Waals surface area (Å²) in [7, 11) is 0. The SMILES string of the molecule is Brc1c(CC2=NCCN2)ccc2nccnc12.Brc1cc(CC2=NCCN2)cc2nccnc12.Brc1ccc(NC2=NCCN2)c2nccnc12.Cc1cnc2ccc(CC3=NCCN3)c(Br)c2n1. The zero-order valence-electron chi connectivity index (χ0n) is 37.3. The molecule has 21 heteroatoms. The maximum Gasteiger partial charge on any atom is 0.195 e. The summed E-state index contributed by atoms with van der Waals surface area (Å²) in [4.78, 5) is 52.3. The van der Waals surface area contributed by atoms with Crippen molar-refractivity contribution in [2.75, 3.05) is 57.7 Å². The summed E-state index contributed by atoms with van der Waals surface area (Å²) in [5, 5.41) is 16.2. The Morgan fingerprint density at radius 2 is 1.01 bits per heavy atom. The minimum Gasteiger partial charge on any atom is -0.372 e. The van der Waals surface area contributed by atoms with Crippen LogP contribution in [0, 0.1) is 6.92 Å². The van der Waals surface area contributed by atoms with Crippen LogP contribution in [0.2, 0.25) is 0 Å². The topological polar surface area (TPSA) is 213 Å². The second kappa shape index (κ2) is 23.0. The first-order chi connectivity index (χ1) is 33.8. The van der Waals surface area contributed by atoms with Gasteiger partial charge in [0.25, 0.3) is 0 Å². The molecule has 0 aliphatic carbocycles. The zero-order valence-corrected chi connectivity index (χ0v) is 43.7. The van der Waals surface area contributed by atoms with Crippen molar-refractivity contribution in [1.29, 1.82) is 0 Å². The lowest BCUT2D eigenvalue weighted by molar-refractivity contribution is 0.953. The van der Waals surface area contributed by atoms with Gasteiger partial charge in [-0.25, -0.2) is 4.98 Å². The molecule has 4 aromatic carbocycles. The standard InChI is InChI=1S/C13H13BrN4.2C12H11BrN4.C11H10BrN5/c1-8-7-17-10-3-2-9(12(14)13(10)18-8)6-11-15-4-5-16-11;13-9-5-8(7-11-15-2-3-16-11)6-10-12(9)17-4-1-14-10;13-11-8(7-10-15-4-5-16-10)1-2-9-12(11)17-6-3-14-9;12-7-1-2-8(17-11-15-5-6-16-11)10-9(7)13-3-4-14-10/h2-3,7H,4-6H2,1H3,(H,15,16);1,4-6H,2-3,7H2,(H,15,16);1-3,6H,4-5,7H2,(H,15,16);1-4H,5-6H2,(H2,15,16,17). The highest BCUT2D eigenvalue weighted by Crippen LogP contribution is 2.29. The molecule has 0 saturated carbocycles. The summed E-state index contributed by atoms with van der Waals surface area (Å²) in [6.45, 7) is 9.10. The van der Waals surface area contributed by atoms with E-state index in [9.17, 15) is 0 Å². The normalized spacial score (nSPS) is 14.7. The Morgan fingerprint density at radius 1 is 0.478 bits per heavy atom. The molecule has 0 atom stereocenters. The average molecular weight is 1180 g/mol. The van der Waals surface area contributed by atoms with Gasteiger partial charge in [0.05, 0.1) is 54.1 Å². The molecular weight excluding hydrogens is 1130 g/mol. The fourth-order valence-electron chi connectivity index (χ4n) is 7.67. The molecule has 12 rings (SSSR count). The van der Waals surface area contributed by atoms with E-state index in [1.54, 1.807) is 43.4 Å². The van der Waals surface area contributed by atoms with Gasteiger partial charge < -0.3 is 26.6 Å². The third-order valence-electron chi connectivity index (χ3n) is 10.9. The Hall–Kier alpha value is -6.16. The first kappa shape index (κ1) is 47.9. The minimum atomic E-state index is 0.791. The van der Waals surface area contributed by atoms with Gasteiger partial charge in [-0.3, -0.25) is 54.9 Å². The van der Waals surface area contributed by atoms with Gasteiger partial charge >= 0.3 is 0 Å². The highest BCUT2D eigenvalue weighted by atomic mass is 79.9. The Kier molecular flexibility index (Phi) is 15.9. The molecule has 4 aliphatic rings. The summed E-state index contributed by atoms with van der Waals surface area (Å²) >= 11 is 14.2. The van der Waals surface area contributed by atoms with E-state index in [0.717, 1.165) is 168 Å². The number of nitrogens with zero attached hydrogens (tertiary/aromatic N) is 12. The number of rotatable bonds is 7. The number of anilines is 1. The molecule has 8 aromatic rings. The third-order valence-corrected chi connectivity index (χ3v) is 13.9. The number of hydrogen-bond acceptors (Lipinski definition) is 17. The first-order valence-corrected chi connectivity index (χ1v) is 25.4. The third kappa shape index (κ3) is 12.2. The molecule has 0 spiro atoms. The number of aromatic nitrogens is 8. The van der Waals surface area contributed by atoms with E-state index in [1.165, 1.54) is 16.7 Å². The molecular formula is C48H45Br4N17. The van der Waals surface area contributed by atoms with Crippen molar-refractivity contribution in [1.82, 2.24) is 61.1 Å². The molecule has 69 heavy (non-hydrogen) atoms. The number of halogens is 4. The number of amidine groups is 3. The van der Waals surface area contributed by atoms with Crippen molar-refractivity contribution in [3.8, 4) is 0 Å². The molecule has 5 N–H and O–H groups in total. The molecule has 17 nitrogen and oxygen atoms in total. The highest BCUT2D eigenvalue weighted by molar-refractivity contribution is 9.11. The Balaban J connectivity index is 0.000000115. The van der Waals surface area contributed by atoms with Crippen LogP contribution in [0.15, 0.2) is 130 Å². The second-order valence-electron chi connectivity index (χ2n) is 15.8. The van der Waals surface area contributed by atoms with Gasteiger partial charge in [-0.1, -0.05) is 12.1 Å². The van der Waals surface area contributed by atoms with Crippen LogP contribution in [0.1, 0.15) is 22.4 Å². The van der Waals surface area contributed by atoms with Gasteiger partial charge in [-0.05, 0) is 124 Å². The summed E-state index contributed by atoms with van der Waals surface area (Å²) in [6, 6.07) is 16.2. The van der Waals surface area contributed by atoms with E-state index in [1.807, 2.05) is 31.2 Å². The molecule has 8 heterocycles. The summed E-state index contributed by atoms with van der Waals surface area (Å²) in [6.07, 6.45) is 14.4. The molecule has 0 fully saturated rings. The van der Waals surface area contributed by atoms with E-state index in [2.05, 4.69) is 174 Å². The van der Waals surface area contributed by atoms with Gasteiger partial charge in [-0.15, -0.1) is 0 Å². The Morgan fingerprint density at radius 3 is 1.64 bits per heavy atom. The molecule has 4 aliphatic heterocycles. The highest BCUT2D eigenvalue weighted by Gasteiger charge is 2.15. The number of guanidine groups is 1.